The number of pyridine rings is 1. The molecule has 1 heterocycles. The van der Waals surface area contributed by atoms with Crippen molar-refractivity contribution in [3.05, 3.63) is 36.0 Å². The van der Waals surface area contributed by atoms with Crippen LogP contribution in [0.4, 0.5) is 5.82 Å². The van der Waals surface area contributed by atoms with Crippen molar-refractivity contribution in [1.29, 1.82) is 0 Å². The van der Waals surface area contributed by atoms with Gasteiger partial charge in [0, 0.05) is 31.6 Å². The summed E-state index contributed by atoms with van der Waals surface area (Å²) < 4.78 is 5.25. The molecule has 1 aliphatic rings. The summed E-state index contributed by atoms with van der Waals surface area (Å²) >= 11 is 0. The molecule has 3 rings (SSSR count). The fourth-order valence-electron chi connectivity index (χ4n) is 2.60. The highest BCUT2D eigenvalue weighted by Gasteiger charge is 2.30. The SMILES string of the molecule is COCCN(c1nc(CN)cc2ccccc12)C1CC1. The maximum absolute atomic E-state index is 5.80. The zero-order chi connectivity index (χ0) is 13.9. The normalized spacial score (nSPS) is 14.7. The van der Waals surface area contributed by atoms with Crippen LogP contribution >= 0.6 is 0 Å². The van der Waals surface area contributed by atoms with Gasteiger partial charge in [-0.05, 0) is 24.3 Å². The van der Waals surface area contributed by atoms with Crippen molar-refractivity contribution in [2.45, 2.75) is 25.4 Å². The number of ether oxygens (including phenoxy) is 1. The van der Waals surface area contributed by atoms with Crippen LogP contribution in [0.2, 0.25) is 0 Å². The molecule has 0 bridgehead atoms. The van der Waals surface area contributed by atoms with Crippen molar-refractivity contribution in [3.8, 4) is 0 Å². The lowest BCUT2D eigenvalue weighted by molar-refractivity contribution is 0.205. The quantitative estimate of drug-likeness (QED) is 0.876. The van der Waals surface area contributed by atoms with E-state index in [0.29, 0.717) is 12.6 Å². The summed E-state index contributed by atoms with van der Waals surface area (Å²) in [4.78, 5) is 7.16. The van der Waals surface area contributed by atoms with E-state index in [1.165, 1.54) is 23.6 Å². The van der Waals surface area contributed by atoms with E-state index in [-0.39, 0.29) is 0 Å². The smallest absolute Gasteiger partial charge is 0.137 e. The minimum absolute atomic E-state index is 0.473. The topological polar surface area (TPSA) is 51.4 Å². The van der Waals surface area contributed by atoms with Gasteiger partial charge in [0.25, 0.3) is 0 Å². The Morgan fingerprint density at radius 2 is 2.15 bits per heavy atom. The second-order valence-corrected chi connectivity index (χ2v) is 5.28. The molecule has 0 aliphatic heterocycles. The summed E-state index contributed by atoms with van der Waals surface area (Å²) in [5, 5.41) is 2.41. The molecule has 4 nitrogen and oxygen atoms in total. The fourth-order valence-corrected chi connectivity index (χ4v) is 2.60. The molecule has 0 radical (unpaired) electrons. The highest BCUT2D eigenvalue weighted by atomic mass is 16.5. The molecule has 20 heavy (non-hydrogen) atoms. The first-order valence-electron chi connectivity index (χ1n) is 7.18. The lowest BCUT2D eigenvalue weighted by Gasteiger charge is -2.25. The van der Waals surface area contributed by atoms with Gasteiger partial charge in [-0.1, -0.05) is 24.3 Å². The maximum Gasteiger partial charge on any atom is 0.137 e. The Kier molecular flexibility index (Phi) is 3.85. The van der Waals surface area contributed by atoms with Gasteiger partial charge in [-0.25, -0.2) is 4.98 Å². The summed E-state index contributed by atoms with van der Waals surface area (Å²) in [7, 11) is 1.74. The molecule has 1 saturated carbocycles. The number of rotatable bonds is 6. The predicted octanol–water partition coefficient (Wildman–Crippen LogP) is 2.31. The summed E-state index contributed by atoms with van der Waals surface area (Å²) in [6.45, 7) is 2.08. The van der Waals surface area contributed by atoms with Crippen LogP contribution in [-0.4, -0.2) is 31.3 Å². The highest BCUT2D eigenvalue weighted by Crippen LogP contribution is 2.34. The second kappa shape index (κ2) is 5.77. The Labute approximate surface area is 119 Å². The molecule has 0 spiro atoms. The third kappa shape index (κ3) is 2.62. The minimum Gasteiger partial charge on any atom is -0.383 e. The van der Waals surface area contributed by atoms with Gasteiger partial charge >= 0.3 is 0 Å². The number of anilines is 1. The number of aromatic nitrogens is 1. The first-order chi connectivity index (χ1) is 9.83. The first-order valence-corrected chi connectivity index (χ1v) is 7.18. The minimum atomic E-state index is 0.473. The maximum atomic E-state index is 5.80. The summed E-state index contributed by atoms with van der Waals surface area (Å²) in [6.07, 6.45) is 2.49. The molecular formula is C16H21N3O. The van der Waals surface area contributed by atoms with Crippen LogP contribution in [0, 0.1) is 0 Å². The Morgan fingerprint density at radius 1 is 1.35 bits per heavy atom. The fraction of sp³-hybridized carbons (Fsp3) is 0.438. The van der Waals surface area contributed by atoms with Crippen LogP contribution in [0.3, 0.4) is 0 Å². The Morgan fingerprint density at radius 3 is 2.85 bits per heavy atom. The molecule has 0 atom stereocenters. The van der Waals surface area contributed by atoms with Crippen molar-refractivity contribution in [1.82, 2.24) is 4.98 Å². The van der Waals surface area contributed by atoms with Gasteiger partial charge in [-0.2, -0.15) is 0 Å². The Hall–Kier alpha value is -1.65. The molecule has 1 aromatic heterocycles. The second-order valence-electron chi connectivity index (χ2n) is 5.28. The average molecular weight is 271 g/mol. The molecule has 1 fully saturated rings. The van der Waals surface area contributed by atoms with Crippen molar-refractivity contribution in [2.75, 3.05) is 25.2 Å². The molecule has 4 heteroatoms. The third-order valence-electron chi connectivity index (χ3n) is 3.78. The lowest BCUT2D eigenvalue weighted by Crippen LogP contribution is -2.30. The number of hydrogen-bond donors (Lipinski definition) is 1. The number of nitrogens with zero attached hydrogens (tertiary/aromatic N) is 2. The highest BCUT2D eigenvalue weighted by molar-refractivity contribution is 5.92. The molecule has 106 valence electrons. The molecule has 0 saturated heterocycles. The first kappa shape index (κ1) is 13.3. The largest absolute Gasteiger partial charge is 0.383 e. The summed E-state index contributed by atoms with van der Waals surface area (Å²) in [5.74, 6) is 1.06. The van der Waals surface area contributed by atoms with E-state index in [1.807, 2.05) is 0 Å². The monoisotopic (exact) mass is 271 g/mol. The van der Waals surface area contributed by atoms with Crippen LogP contribution in [-0.2, 0) is 11.3 Å². The molecule has 0 unspecified atom stereocenters. The van der Waals surface area contributed by atoms with Gasteiger partial charge in [-0.3, -0.25) is 0 Å². The van der Waals surface area contributed by atoms with Crippen molar-refractivity contribution in [2.24, 2.45) is 5.73 Å². The number of methoxy groups -OCH3 is 1. The molecule has 1 aliphatic carbocycles. The average Bonchev–Trinajstić information content (AvgIpc) is 3.32. The molecular weight excluding hydrogens is 250 g/mol. The zero-order valence-corrected chi connectivity index (χ0v) is 11.9. The molecule has 1 aromatic carbocycles. The standard InChI is InChI=1S/C16H21N3O/c1-20-9-8-19(14-6-7-14)16-15-5-3-2-4-12(15)10-13(11-17)18-16/h2-5,10,14H,6-9,11,17H2,1H3. The van der Waals surface area contributed by atoms with Crippen LogP contribution in [0.5, 0.6) is 0 Å². The van der Waals surface area contributed by atoms with E-state index >= 15 is 0 Å². The number of fused-ring (bicyclic) bond motifs is 1. The van der Waals surface area contributed by atoms with Crippen molar-refractivity contribution < 1.29 is 4.74 Å². The van der Waals surface area contributed by atoms with Crippen LogP contribution < -0.4 is 10.6 Å². The third-order valence-corrected chi connectivity index (χ3v) is 3.78. The number of hydrogen-bond acceptors (Lipinski definition) is 4. The Bertz CT molecular complexity index is 595. The Balaban J connectivity index is 2.06. The van der Waals surface area contributed by atoms with Gasteiger partial charge in [-0.15, -0.1) is 0 Å². The molecule has 2 aromatic rings. The summed E-state index contributed by atoms with van der Waals surface area (Å²) in [6, 6.07) is 11.1. The molecule has 0 amide bonds. The summed E-state index contributed by atoms with van der Waals surface area (Å²) in [5.41, 5.74) is 6.74. The number of nitrogens with two attached hydrogens (primary N) is 1. The van der Waals surface area contributed by atoms with Crippen molar-refractivity contribution >= 4 is 16.6 Å². The van der Waals surface area contributed by atoms with Gasteiger partial charge < -0.3 is 15.4 Å². The van der Waals surface area contributed by atoms with Crippen molar-refractivity contribution in [3.63, 3.8) is 0 Å². The van der Waals surface area contributed by atoms with Gasteiger partial charge in [0.2, 0.25) is 0 Å². The van der Waals surface area contributed by atoms with E-state index in [1.54, 1.807) is 7.11 Å². The van der Waals surface area contributed by atoms with E-state index in [9.17, 15) is 0 Å². The number of benzene rings is 1. The van der Waals surface area contributed by atoms with E-state index in [4.69, 9.17) is 15.5 Å². The molecule has 2 N–H and O–H groups in total. The van der Waals surface area contributed by atoms with Gasteiger partial charge in [0.1, 0.15) is 5.82 Å². The predicted molar refractivity (Wildman–Crippen MR) is 81.9 cm³/mol. The lowest BCUT2D eigenvalue weighted by atomic mass is 10.1. The van der Waals surface area contributed by atoms with E-state index in [2.05, 4.69) is 35.2 Å². The van der Waals surface area contributed by atoms with E-state index in [0.717, 1.165) is 24.7 Å². The van der Waals surface area contributed by atoms with Crippen LogP contribution in [0.15, 0.2) is 30.3 Å². The van der Waals surface area contributed by atoms with Gasteiger partial charge in [0.05, 0.1) is 12.3 Å². The van der Waals surface area contributed by atoms with Crippen LogP contribution in [0.25, 0.3) is 10.8 Å². The van der Waals surface area contributed by atoms with Gasteiger partial charge in [0.15, 0.2) is 0 Å². The van der Waals surface area contributed by atoms with E-state index < -0.39 is 0 Å². The zero-order valence-electron chi connectivity index (χ0n) is 11.9. The van der Waals surface area contributed by atoms with Crippen LogP contribution in [0.1, 0.15) is 18.5 Å².